The number of urea groups is 1. The predicted molar refractivity (Wildman–Crippen MR) is 110 cm³/mol. The number of nitrogens with one attached hydrogen (secondary N) is 2. The molecule has 1 aliphatic carbocycles. The highest BCUT2D eigenvalue weighted by Gasteiger charge is 2.40. The first kappa shape index (κ1) is 19.2. The summed E-state index contributed by atoms with van der Waals surface area (Å²) < 4.78 is 0. The second kappa shape index (κ2) is 8.47. The van der Waals surface area contributed by atoms with E-state index in [2.05, 4.69) is 10.6 Å². The molecule has 2 N–H and O–H groups in total. The van der Waals surface area contributed by atoms with Crippen molar-refractivity contribution in [3.05, 3.63) is 71.3 Å². The van der Waals surface area contributed by atoms with Gasteiger partial charge in [0.2, 0.25) is 0 Å². The maximum atomic E-state index is 13.0. The molecule has 0 radical (unpaired) electrons. The van der Waals surface area contributed by atoms with Crippen LogP contribution in [0.15, 0.2) is 54.6 Å². The van der Waals surface area contributed by atoms with Crippen LogP contribution in [-0.2, 0) is 0 Å². The van der Waals surface area contributed by atoms with E-state index >= 15 is 0 Å². The lowest BCUT2D eigenvalue weighted by Crippen LogP contribution is -2.47. The molecule has 4 amide bonds. The Balaban J connectivity index is 1.51. The quantitative estimate of drug-likeness (QED) is 0.764. The summed E-state index contributed by atoms with van der Waals surface area (Å²) in [5.74, 6) is -0.650. The van der Waals surface area contributed by atoms with Crippen LogP contribution in [0.25, 0.3) is 0 Å². The monoisotopic (exact) mass is 391 g/mol. The third kappa shape index (κ3) is 4.01. The molecule has 0 saturated heterocycles. The molecule has 1 heterocycles. The largest absolute Gasteiger partial charge is 0.336 e. The normalized spacial score (nSPS) is 17.7. The van der Waals surface area contributed by atoms with Crippen molar-refractivity contribution < 1.29 is 14.4 Å². The summed E-state index contributed by atoms with van der Waals surface area (Å²) in [5.41, 5.74) is 1.62. The number of amides is 4. The molecule has 6 nitrogen and oxygen atoms in total. The Morgan fingerprint density at radius 3 is 2.10 bits per heavy atom. The molecule has 2 aromatic rings. The van der Waals surface area contributed by atoms with E-state index in [0.717, 1.165) is 31.2 Å². The van der Waals surface area contributed by atoms with Gasteiger partial charge in [0, 0.05) is 12.6 Å². The zero-order valence-electron chi connectivity index (χ0n) is 16.3. The molecule has 150 valence electrons. The number of nitrogens with zero attached hydrogens (tertiary/aromatic N) is 1. The molecule has 0 bridgehead atoms. The minimum Gasteiger partial charge on any atom is -0.336 e. The summed E-state index contributed by atoms with van der Waals surface area (Å²) >= 11 is 0. The Labute approximate surface area is 170 Å². The molecular formula is C23H25N3O3. The lowest BCUT2D eigenvalue weighted by Gasteiger charge is -2.28. The minimum atomic E-state index is -0.569. The molecule has 1 fully saturated rings. The fraction of sp³-hybridized carbons (Fsp3) is 0.348. The van der Waals surface area contributed by atoms with Gasteiger partial charge in [0.05, 0.1) is 17.2 Å². The van der Waals surface area contributed by atoms with Gasteiger partial charge >= 0.3 is 6.03 Å². The van der Waals surface area contributed by atoms with Crippen LogP contribution in [0, 0.1) is 0 Å². The fourth-order valence-electron chi connectivity index (χ4n) is 4.20. The van der Waals surface area contributed by atoms with Gasteiger partial charge in [-0.1, -0.05) is 61.7 Å². The predicted octanol–water partition coefficient (Wildman–Crippen LogP) is 3.66. The van der Waals surface area contributed by atoms with Crippen molar-refractivity contribution in [2.75, 3.05) is 6.54 Å². The summed E-state index contributed by atoms with van der Waals surface area (Å²) in [4.78, 5) is 39.6. The Kier molecular flexibility index (Phi) is 5.60. The summed E-state index contributed by atoms with van der Waals surface area (Å²) in [7, 11) is 0. The van der Waals surface area contributed by atoms with Crippen LogP contribution >= 0.6 is 0 Å². The lowest BCUT2D eigenvalue weighted by molar-refractivity contribution is 0.0581. The zero-order chi connectivity index (χ0) is 20.2. The van der Waals surface area contributed by atoms with Gasteiger partial charge in [0.1, 0.15) is 0 Å². The Hall–Kier alpha value is -3.15. The number of fused-ring (bicyclic) bond motifs is 1. The summed E-state index contributed by atoms with van der Waals surface area (Å²) in [6.07, 6.45) is 5.47. The van der Waals surface area contributed by atoms with Crippen LogP contribution in [-0.4, -0.2) is 35.3 Å². The van der Waals surface area contributed by atoms with Crippen LogP contribution in [0.3, 0.4) is 0 Å². The highest BCUT2D eigenvalue weighted by atomic mass is 16.2. The van der Waals surface area contributed by atoms with E-state index in [9.17, 15) is 14.4 Å². The molecular weight excluding hydrogens is 366 g/mol. The molecule has 1 unspecified atom stereocenters. The van der Waals surface area contributed by atoms with E-state index in [0.29, 0.717) is 11.1 Å². The van der Waals surface area contributed by atoms with Crippen molar-refractivity contribution in [2.24, 2.45) is 0 Å². The van der Waals surface area contributed by atoms with Crippen molar-refractivity contribution in [2.45, 2.75) is 44.2 Å². The fourth-order valence-corrected chi connectivity index (χ4v) is 4.20. The minimum absolute atomic E-state index is 0.161. The van der Waals surface area contributed by atoms with E-state index in [-0.39, 0.29) is 30.4 Å². The van der Waals surface area contributed by atoms with Crippen molar-refractivity contribution in [3.8, 4) is 0 Å². The molecule has 29 heavy (non-hydrogen) atoms. The van der Waals surface area contributed by atoms with Crippen LogP contribution in [0.5, 0.6) is 0 Å². The number of rotatable bonds is 5. The van der Waals surface area contributed by atoms with Crippen molar-refractivity contribution in [1.29, 1.82) is 0 Å². The first-order valence-electron chi connectivity index (χ1n) is 10.2. The van der Waals surface area contributed by atoms with Crippen LogP contribution < -0.4 is 10.6 Å². The van der Waals surface area contributed by atoms with E-state index < -0.39 is 6.04 Å². The number of benzene rings is 2. The molecule has 1 aliphatic heterocycles. The van der Waals surface area contributed by atoms with Crippen molar-refractivity contribution in [3.63, 3.8) is 0 Å². The Morgan fingerprint density at radius 1 is 0.897 bits per heavy atom. The summed E-state index contributed by atoms with van der Waals surface area (Å²) in [6, 6.07) is 15.6. The second-order valence-electron chi connectivity index (χ2n) is 7.64. The van der Waals surface area contributed by atoms with E-state index in [1.165, 1.54) is 11.3 Å². The van der Waals surface area contributed by atoms with Gasteiger partial charge in [0.15, 0.2) is 0 Å². The molecule has 2 aliphatic rings. The SMILES string of the molecule is O=C(NCC(c1ccccc1)N1C(=O)c2ccccc2C1=O)NC1CCCCC1. The van der Waals surface area contributed by atoms with Crippen LogP contribution in [0.4, 0.5) is 4.79 Å². The van der Waals surface area contributed by atoms with Gasteiger partial charge in [-0.15, -0.1) is 0 Å². The van der Waals surface area contributed by atoms with Crippen molar-refractivity contribution in [1.82, 2.24) is 15.5 Å². The van der Waals surface area contributed by atoms with E-state index in [1.54, 1.807) is 24.3 Å². The highest BCUT2D eigenvalue weighted by molar-refractivity contribution is 6.21. The average Bonchev–Trinajstić information content (AvgIpc) is 3.01. The smallest absolute Gasteiger partial charge is 0.315 e. The summed E-state index contributed by atoms with van der Waals surface area (Å²) in [5, 5.41) is 5.89. The van der Waals surface area contributed by atoms with Gasteiger partial charge in [-0.2, -0.15) is 0 Å². The first-order chi connectivity index (χ1) is 14.1. The van der Waals surface area contributed by atoms with Gasteiger partial charge in [0.25, 0.3) is 11.8 Å². The number of imide groups is 1. The number of carbonyl (C=O) groups excluding carboxylic acids is 3. The van der Waals surface area contributed by atoms with Gasteiger partial charge in [-0.25, -0.2) is 4.79 Å². The summed E-state index contributed by atoms with van der Waals surface area (Å²) in [6.45, 7) is 0.161. The number of carbonyl (C=O) groups is 3. The Morgan fingerprint density at radius 2 is 1.48 bits per heavy atom. The van der Waals surface area contributed by atoms with Gasteiger partial charge in [-0.05, 0) is 30.5 Å². The van der Waals surface area contributed by atoms with Gasteiger partial charge in [-0.3, -0.25) is 14.5 Å². The molecule has 2 aromatic carbocycles. The lowest BCUT2D eigenvalue weighted by atomic mass is 9.96. The number of hydrogen-bond donors (Lipinski definition) is 2. The molecule has 1 atom stereocenters. The maximum Gasteiger partial charge on any atom is 0.315 e. The molecule has 4 rings (SSSR count). The second-order valence-corrected chi connectivity index (χ2v) is 7.64. The standard InChI is InChI=1S/C23H25N3O3/c27-21-18-13-7-8-14-19(18)22(28)26(21)20(16-9-3-1-4-10-16)15-24-23(29)25-17-11-5-2-6-12-17/h1,3-4,7-10,13-14,17,20H,2,5-6,11-12,15H2,(H2,24,25,29). The van der Waals surface area contributed by atoms with Crippen molar-refractivity contribution >= 4 is 17.8 Å². The molecule has 6 heteroatoms. The third-order valence-corrected chi connectivity index (χ3v) is 5.72. The molecule has 1 saturated carbocycles. The molecule has 0 aromatic heterocycles. The van der Waals surface area contributed by atoms with Crippen LogP contribution in [0.1, 0.15) is 64.4 Å². The topological polar surface area (TPSA) is 78.5 Å². The molecule has 0 spiro atoms. The number of hydrogen-bond acceptors (Lipinski definition) is 3. The highest BCUT2D eigenvalue weighted by Crippen LogP contribution is 2.31. The van der Waals surface area contributed by atoms with Gasteiger partial charge < -0.3 is 10.6 Å². The average molecular weight is 391 g/mol. The van der Waals surface area contributed by atoms with E-state index in [1.807, 2.05) is 30.3 Å². The first-order valence-corrected chi connectivity index (χ1v) is 10.2. The zero-order valence-corrected chi connectivity index (χ0v) is 16.3. The van der Waals surface area contributed by atoms with Crippen LogP contribution in [0.2, 0.25) is 0 Å². The maximum absolute atomic E-state index is 13.0. The third-order valence-electron chi connectivity index (χ3n) is 5.72. The van der Waals surface area contributed by atoms with E-state index in [4.69, 9.17) is 0 Å². The Bertz CT molecular complexity index is 872.